The van der Waals surface area contributed by atoms with Crippen molar-refractivity contribution >= 4 is 21.6 Å². The molecule has 96 valence electrons. The quantitative estimate of drug-likeness (QED) is 0.841. The zero-order valence-corrected chi connectivity index (χ0v) is 11.3. The number of sulfonamides is 1. The molecular formula is C11H15ClFNO2S. The van der Waals surface area contributed by atoms with Crippen LogP contribution in [0.5, 0.6) is 0 Å². The van der Waals surface area contributed by atoms with E-state index in [1.807, 2.05) is 13.8 Å². The van der Waals surface area contributed by atoms with Gasteiger partial charge in [-0.3, -0.25) is 0 Å². The Balaban J connectivity index is 2.79. The molecule has 0 bridgehead atoms. The minimum atomic E-state index is -3.60. The molecule has 0 aromatic heterocycles. The molecule has 0 atom stereocenters. The number of alkyl halides is 1. The van der Waals surface area contributed by atoms with E-state index in [0.717, 1.165) is 12.1 Å². The SMILES string of the molecule is CC(C)(CCl)CNS(=O)(=O)c1ccc(F)cc1. The number of benzene rings is 1. The lowest BCUT2D eigenvalue weighted by Gasteiger charge is -2.21. The van der Waals surface area contributed by atoms with Crippen LogP contribution in [-0.4, -0.2) is 20.8 Å². The third-order valence-electron chi connectivity index (χ3n) is 2.23. The van der Waals surface area contributed by atoms with Crippen molar-refractivity contribution in [2.75, 3.05) is 12.4 Å². The van der Waals surface area contributed by atoms with Gasteiger partial charge in [-0.15, -0.1) is 11.6 Å². The maximum atomic E-state index is 12.7. The molecule has 1 aromatic carbocycles. The van der Waals surface area contributed by atoms with E-state index in [2.05, 4.69) is 4.72 Å². The number of hydrogen-bond acceptors (Lipinski definition) is 2. The van der Waals surface area contributed by atoms with E-state index in [4.69, 9.17) is 11.6 Å². The van der Waals surface area contributed by atoms with Crippen molar-refractivity contribution in [3.05, 3.63) is 30.1 Å². The van der Waals surface area contributed by atoms with Gasteiger partial charge in [0.1, 0.15) is 5.82 Å². The molecule has 0 spiro atoms. The third kappa shape index (κ3) is 4.26. The van der Waals surface area contributed by atoms with E-state index < -0.39 is 15.8 Å². The zero-order chi connectivity index (χ0) is 13.1. The highest BCUT2D eigenvalue weighted by atomic mass is 35.5. The van der Waals surface area contributed by atoms with Crippen LogP contribution in [0.25, 0.3) is 0 Å². The lowest BCUT2D eigenvalue weighted by molar-refractivity contribution is 0.414. The molecule has 0 fully saturated rings. The highest BCUT2D eigenvalue weighted by molar-refractivity contribution is 7.89. The van der Waals surface area contributed by atoms with E-state index in [1.54, 1.807) is 0 Å². The van der Waals surface area contributed by atoms with Crippen LogP contribution in [0.1, 0.15) is 13.8 Å². The van der Waals surface area contributed by atoms with Gasteiger partial charge in [0.15, 0.2) is 0 Å². The van der Waals surface area contributed by atoms with Gasteiger partial charge in [0.25, 0.3) is 0 Å². The first-order valence-electron chi connectivity index (χ1n) is 5.08. The van der Waals surface area contributed by atoms with Gasteiger partial charge < -0.3 is 0 Å². The van der Waals surface area contributed by atoms with Gasteiger partial charge in [0, 0.05) is 12.4 Å². The molecule has 1 aromatic rings. The standard InChI is InChI=1S/C11H15ClFNO2S/c1-11(2,7-12)8-14-17(15,16)10-5-3-9(13)4-6-10/h3-6,14H,7-8H2,1-2H3. The van der Waals surface area contributed by atoms with Crippen LogP contribution < -0.4 is 4.72 Å². The molecule has 0 amide bonds. The van der Waals surface area contributed by atoms with Crippen molar-refractivity contribution in [3.8, 4) is 0 Å². The van der Waals surface area contributed by atoms with E-state index in [1.165, 1.54) is 12.1 Å². The molecule has 1 rings (SSSR count). The summed E-state index contributed by atoms with van der Waals surface area (Å²) in [4.78, 5) is 0.0456. The molecule has 0 unspecified atom stereocenters. The zero-order valence-electron chi connectivity index (χ0n) is 9.70. The summed E-state index contributed by atoms with van der Waals surface area (Å²) in [6, 6.07) is 4.68. The summed E-state index contributed by atoms with van der Waals surface area (Å²) < 4.78 is 38.8. The first kappa shape index (κ1) is 14.4. The number of hydrogen-bond donors (Lipinski definition) is 1. The van der Waals surface area contributed by atoms with E-state index >= 15 is 0 Å². The van der Waals surface area contributed by atoms with Crippen molar-refractivity contribution < 1.29 is 12.8 Å². The smallest absolute Gasteiger partial charge is 0.211 e. The van der Waals surface area contributed by atoms with Crippen molar-refractivity contribution in [2.45, 2.75) is 18.7 Å². The Morgan fingerprint density at radius 1 is 1.29 bits per heavy atom. The highest BCUT2D eigenvalue weighted by Gasteiger charge is 2.21. The van der Waals surface area contributed by atoms with Crippen LogP contribution in [0.2, 0.25) is 0 Å². The minimum Gasteiger partial charge on any atom is -0.211 e. The van der Waals surface area contributed by atoms with Crippen molar-refractivity contribution in [2.24, 2.45) is 5.41 Å². The lowest BCUT2D eigenvalue weighted by atomic mass is 9.97. The maximum Gasteiger partial charge on any atom is 0.240 e. The molecule has 0 aliphatic carbocycles. The van der Waals surface area contributed by atoms with E-state index in [9.17, 15) is 12.8 Å². The summed E-state index contributed by atoms with van der Waals surface area (Å²) in [6.45, 7) is 3.94. The number of halogens is 2. The van der Waals surface area contributed by atoms with Crippen LogP contribution in [0.3, 0.4) is 0 Å². The molecule has 0 aliphatic heterocycles. The van der Waals surface area contributed by atoms with Crippen LogP contribution >= 0.6 is 11.6 Å². The monoisotopic (exact) mass is 279 g/mol. The van der Waals surface area contributed by atoms with Gasteiger partial charge in [0.2, 0.25) is 10.0 Å². The fourth-order valence-corrected chi connectivity index (χ4v) is 2.37. The predicted molar refractivity (Wildman–Crippen MR) is 66.1 cm³/mol. The second-order valence-corrected chi connectivity index (χ2v) is 6.61. The molecule has 0 heterocycles. The summed E-state index contributed by atoms with van der Waals surface area (Å²) >= 11 is 5.70. The molecule has 0 aliphatic rings. The Kier molecular flexibility index (Phi) is 4.52. The molecule has 0 saturated heterocycles. The van der Waals surface area contributed by atoms with E-state index in [-0.39, 0.29) is 16.9 Å². The van der Waals surface area contributed by atoms with Gasteiger partial charge in [-0.1, -0.05) is 13.8 Å². The summed E-state index contributed by atoms with van der Waals surface area (Å²) in [5, 5.41) is 0. The van der Waals surface area contributed by atoms with Crippen LogP contribution in [-0.2, 0) is 10.0 Å². The third-order valence-corrected chi connectivity index (χ3v) is 4.37. The first-order chi connectivity index (χ1) is 7.77. The average Bonchev–Trinajstić information content (AvgIpc) is 2.27. The normalized spacial score (nSPS) is 12.7. The summed E-state index contributed by atoms with van der Waals surface area (Å²) in [5.74, 6) is -0.121. The average molecular weight is 280 g/mol. The van der Waals surface area contributed by atoms with Crippen LogP contribution in [0.15, 0.2) is 29.2 Å². The number of nitrogens with one attached hydrogen (secondary N) is 1. The Morgan fingerprint density at radius 3 is 2.29 bits per heavy atom. The molecular weight excluding hydrogens is 265 g/mol. The lowest BCUT2D eigenvalue weighted by Crippen LogP contribution is -2.35. The second kappa shape index (κ2) is 5.33. The molecule has 3 nitrogen and oxygen atoms in total. The summed E-state index contributed by atoms with van der Waals surface area (Å²) in [7, 11) is -3.60. The van der Waals surface area contributed by atoms with Crippen LogP contribution in [0, 0.1) is 11.2 Å². The summed E-state index contributed by atoms with van der Waals surface area (Å²) in [6.07, 6.45) is 0. The Bertz CT molecular complexity index is 471. The Hall–Kier alpha value is -0.650. The first-order valence-corrected chi connectivity index (χ1v) is 7.10. The fraction of sp³-hybridized carbons (Fsp3) is 0.455. The fourth-order valence-electron chi connectivity index (χ4n) is 1.03. The van der Waals surface area contributed by atoms with Crippen molar-refractivity contribution in [1.29, 1.82) is 0 Å². The minimum absolute atomic E-state index is 0.0456. The van der Waals surface area contributed by atoms with Crippen molar-refractivity contribution in [1.82, 2.24) is 4.72 Å². The van der Waals surface area contributed by atoms with Gasteiger partial charge in [-0.05, 0) is 29.7 Å². The van der Waals surface area contributed by atoms with E-state index in [0.29, 0.717) is 5.88 Å². The Labute approximate surface area is 106 Å². The van der Waals surface area contributed by atoms with Crippen molar-refractivity contribution in [3.63, 3.8) is 0 Å². The largest absolute Gasteiger partial charge is 0.240 e. The van der Waals surface area contributed by atoms with Gasteiger partial charge in [-0.2, -0.15) is 0 Å². The maximum absolute atomic E-state index is 12.7. The molecule has 6 heteroatoms. The molecule has 0 saturated carbocycles. The Morgan fingerprint density at radius 2 is 1.82 bits per heavy atom. The van der Waals surface area contributed by atoms with Gasteiger partial charge in [-0.25, -0.2) is 17.5 Å². The number of rotatable bonds is 5. The molecule has 0 radical (unpaired) electrons. The van der Waals surface area contributed by atoms with Crippen LogP contribution in [0.4, 0.5) is 4.39 Å². The highest BCUT2D eigenvalue weighted by Crippen LogP contribution is 2.17. The van der Waals surface area contributed by atoms with Gasteiger partial charge >= 0.3 is 0 Å². The predicted octanol–water partition coefficient (Wildman–Crippen LogP) is 2.37. The molecule has 17 heavy (non-hydrogen) atoms. The van der Waals surface area contributed by atoms with Gasteiger partial charge in [0.05, 0.1) is 4.90 Å². The topological polar surface area (TPSA) is 46.2 Å². The summed E-state index contributed by atoms with van der Waals surface area (Å²) in [5.41, 5.74) is -0.325. The molecule has 1 N–H and O–H groups in total. The second-order valence-electron chi connectivity index (χ2n) is 4.58.